The Balaban J connectivity index is 0.00000106. The molecule has 1 rings (SSSR count). The van der Waals surface area contributed by atoms with Crippen LogP contribution >= 0.6 is 0 Å². The van der Waals surface area contributed by atoms with Crippen LogP contribution in [0.2, 0.25) is 0 Å². The topological polar surface area (TPSA) is 33.0 Å². The molecule has 1 aromatic carbocycles. The first-order chi connectivity index (χ1) is 7.79. The molecule has 0 atom stereocenters. The van der Waals surface area contributed by atoms with Gasteiger partial charge in [0.15, 0.2) is 0 Å². The molecule has 84 valence electrons. The van der Waals surface area contributed by atoms with E-state index >= 15 is 0 Å². The average molecular weight is 215 g/mol. The van der Waals surface area contributed by atoms with E-state index < -0.39 is 0 Å². The summed E-state index contributed by atoms with van der Waals surface area (Å²) in [6, 6.07) is 5.43. The molecule has 0 aliphatic carbocycles. The van der Waals surface area contributed by atoms with E-state index in [-0.39, 0.29) is 0 Å². The fourth-order valence-corrected chi connectivity index (χ4v) is 1.11. The summed E-state index contributed by atoms with van der Waals surface area (Å²) in [7, 11) is 0. The largest absolute Gasteiger partial charge is 0.387 e. The van der Waals surface area contributed by atoms with Gasteiger partial charge in [-0.1, -0.05) is 50.8 Å². The number of rotatable bonds is 2. The van der Waals surface area contributed by atoms with Crippen LogP contribution in [0, 0.1) is 11.5 Å². The van der Waals surface area contributed by atoms with Crippen molar-refractivity contribution in [3.05, 3.63) is 40.8 Å². The van der Waals surface area contributed by atoms with Gasteiger partial charge in [-0.15, -0.1) is 5.26 Å². The molecule has 0 unspecified atom stereocenters. The minimum absolute atomic E-state index is 0.540. The van der Waals surface area contributed by atoms with Crippen LogP contribution in [0.15, 0.2) is 30.4 Å². The first-order valence-electron chi connectivity index (χ1n) is 5.26. The molecule has 0 fully saturated rings. The van der Waals surface area contributed by atoms with E-state index in [4.69, 9.17) is 10.00 Å². The zero-order valence-corrected chi connectivity index (χ0v) is 10.0. The number of nitrogens with zero attached hydrogens (tertiary/aromatic N) is 1. The normalized spacial score (nSPS) is 10.5. The third-order valence-electron chi connectivity index (χ3n) is 1.77. The van der Waals surface area contributed by atoms with Gasteiger partial charge in [0.25, 0.3) is 6.26 Å². The summed E-state index contributed by atoms with van der Waals surface area (Å²) in [6.07, 6.45) is 7.31. The second-order valence-electron chi connectivity index (χ2n) is 2.71. The second-order valence-corrected chi connectivity index (χ2v) is 2.71. The predicted molar refractivity (Wildman–Crippen MR) is 68.1 cm³/mol. The van der Waals surface area contributed by atoms with E-state index in [2.05, 4.69) is 6.58 Å². The Morgan fingerprint density at radius 1 is 1.38 bits per heavy atom. The third-order valence-corrected chi connectivity index (χ3v) is 1.77. The number of ether oxygens (including phenoxy) is 1. The number of allylic oxidation sites excluding steroid dienone is 2. The number of hydrogen-bond donors (Lipinski definition) is 0. The Hall–Kier alpha value is -2.01. The van der Waals surface area contributed by atoms with Crippen LogP contribution < -0.4 is 15.2 Å². The molecule has 0 bridgehead atoms. The van der Waals surface area contributed by atoms with Crippen molar-refractivity contribution in [3.63, 3.8) is 0 Å². The summed E-state index contributed by atoms with van der Waals surface area (Å²) in [5.74, 6) is 0.540. The molecule has 0 radical (unpaired) electrons. The zero-order chi connectivity index (χ0) is 12.4. The van der Waals surface area contributed by atoms with Gasteiger partial charge in [-0.3, -0.25) is 0 Å². The fourth-order valence-electron chi connectivity index (χ4n) is 1.11. The minimum Gasteiger partial charge on any atom is -0.387 e. The Labute approximate surface area is 96.8 Å². The molecule has 0 aliphatic heterocycles. The summed E-state index contributed by atoms with van der Waals surface area (Å²) in [6.45, 7) is 9.79. The van der Waals surface area contributed by atoms with Gasteiger partial charge in [-0.05, 0) is 18.2 Å². The van der Waals surface area contributed by atoms with Gasteiger partial charge in [-0.25, -0.2) is 0 Å². The molecule has 2 nitrogen and oxygen atoms in total. The molecule has 0 N–H and O–H groups in total. The molecule has 0 saturated carbocycles. The maximum Gasteiger partial charge on any atom is 0.292 e. The van der Waals surface area contributed by atoms with Gasteiger partial charge in [-0.2, -0.15) is 0 Å². The summed E-state index contributed by atoms with van der Waals surface area (Å²) in [4.78, 5) is 0. The van der Waals surface area contributed by atoms with Crippen LogP contribution in [0.5, 0.6) is 5.75 Å². The Kier molecular flexibility index (Phi) is 7.27. The van der Waals surface area contributed by atoms with E-state index in [1.54, 1.807) is 12.3 Å². The lowest BCUT2D eigenvalue weighted by Gasteiger charge is -1.96. The number of nitriles is 1. The zero-order valence-electron chi connectivity index (χ0n) is 10.0. The quantitative estimate of drug-likeness (QED) is 0.709. The van der Waals surface area contributed by atoms with Crippen molar-refractivity contribution in [2.24, 2.45) is 0 Å². The Bertz CT molecular complexity index is 480. The maximum absolute atomic E-state index is 8.44. The van der Waals surface area contributed by atoms with Crippen molar-refractivity contribution in [1.82, 2.24) is 0 Å². The van der Waals surface area contributed by atoms with Crippen molar-refractivity contribution >= 4 is 12.7 Å². The van der Waals surface area contributed by atoms with Gasteiger partial charge >= 0.3 is 0 Å². The SMILES string of the molecule is C=c1cccc(OC#N)/c1=C/C=C\C.CC. The fraction of sp³-hybridized carbons (Fsp3) is 0.214. The molecule has 0 aromatic heterocycles. The highest BCUT2D eigenvalue weighted by atomic mass is 16.5. The lowest BCUT2D eigenvalue weighted by atomic mass is 10.2. The first kappa shape index (κ1) is 14.0. The van der Waals surface area contributed by atoms with E-state index in [1.165, 1.54) is 0 Å². The average Bonchev–Trinajstić information content (AvgIpc) is 2.31. The van der Waals surface area contributed by atoms with Crippen LogP contribution in [0.4, 0.5) is 0 Å². The van der Waals surface area contributed by atoms with E-state index in [0.29, 0.717) is 5.75 Å². The van der Waals surface area contributed by atoms with Gasteiger partial charge in [0.1, 0.15) is 5.75 Å². The highest BCUT2D eigenvalue weighted by Gasteiger charge is 1.94. The number of hydrogen-bond acceptors (Lipinski definition) is 2. The standard InChI is InChI=1S/C12H11NO.C2H6/c1-3-4-7-11-10(2)6-5-8-12(11)14-9-13;1-2/h3-8H,2H2,1H3;1-2H3/b4-3-,11-7+;. The molecule has 0 amide bonds. The van der Waals surface area contributed by atoms with Crippen LogP contribution in [-0.2, 0) is 0 Å². The summed E-state index contributed by atoms with van der Waals surface area (Å²) < 4.78 is 4.82. The summed E-state index contributed by atoms with van der Waals surface area (Å²) in [5, 5.41) is 10.1. The lowest BCUT2D eigenvalue weighted by Crippen LogP contribution is -2.23. The maximum atomic E-state index is 8.44. The van der Waals surface area contributed by atoms with E-state index in [9.17, 15) is 0 Å². The Morgan fingerprint density at radius 3 is 2.62 bits per heavy atom. The molecule has 0 saturated heterocycles. The van der Waals surface area contributed by atoms with Crippen molar-refractivity contribution in [2.45, 2.75) is 20.8 Å². The Morgan fingerprint density at radius 2 is 2.06 bits per heavy atom. The van der Waals surface area contributed by atoms with E-state index in [1.807, 2.05) is 51.1 Å². The van der Waals surface area contributed by atoms with Gasteiger partial charge in [0, 0.05) is 5.22 Å². The minimum atomic E-state index is 0.540. The molecular weight excluding hydrogens is 198 g/mol. The highest BCUT2D eigenvalue weighted by molar-refractivity contribution is 5.43. The van der Waals surface area contributed by atoms with Crippen molar-refractivity contribution < 1.29 is 4.74 Å². The second kappa shape index (κ2) is 8.31. The van der Waals surface area contributed by atoms with Crippen molar-refractivity contribution in [2.75, 3.05) is 0 Å². The van der Waals surface area contributed by atoms with Crippen molar-refractivity contribution in [3.8, 4) is 12.0 Å². The lowest BCUT2D eigenvalue weighted by molar-refractivity contribution is 0.502. The smallest absolute Gasteiger partial charge is 0.292 e. The third kappa shape index (κ3) is 4.02. The summed E-state index contributed by atoms with van der Waals surface area (Å²) >= 11 is 0. The first-order valence-corrected chi connectivity index (χ1v) is 5.26. The van der Waals surface area contributed by atoms with Crippen LogP contribution in [0.25, 0.3) is 12.7 Å². The van der Waals surface area contributed by atoms with Gasteiger partial charge in [0.05, 0.1) is 0 Å². The van der Waals surface area contributed by atoms with Gasteiger partial charge in [0.2, 0.25) is 0 Å². The molecule has 0 aliphatic rings. The highest BCUT2D eigenvalue weighted by Crippen LogP contribution is 1.98. The molecule has 0 spiro atoms. The van der Waals surface area contributed by atoms with Gasteiger partial charge < -0.3 is 4.74 Å². The molecule has 2 heteroatoms. The molecule has 0 heterocycles. The van der Waals surface area contributed by atoms with Crippen LogP contribution in [0.3, 0.4) is 0 Å². The predicted octanol–water partition coefficient (Wildman–Crippen LogP) is 2.34. The molecule has 1 aromatic rings. The van der Waals surface area contributed by atoms with Crippen LogP contribution in [-0.4, -0.2) is 0 Å². The molecular formula is C14H17NO. The van der Waals surface area contributed by atoms with Crippen molar-refractivity contribution in [1.29, 1.82) is 5.26 Å². The molecule has 16 heavy (non-hydrogen) atoms. The number of benzene rings is 1. The van der Waals surface area contributed by atoms with E-state index in [0.717, 1.165) is 10.4 Å². The summed E-state index contributed by atoms with van der Waals surface area (Å²) in [5.41, 5.74) is 0. The van der Waals surface area contributed by atoms with Crippen LogP contribution in [0.1, 0.15) is 20.8 Å². The monoisotopic (exact) mass is 215 g/mol.